The number of aliphatic hydroxyl groups excluding tert-OH is 1. The lowest BCUT2D eigenvalue weighted by atomic mass is 10.1. The summed E-state index contributed by atoms with van der Waals surface area (Å²) in [6.07, 6.45) is 0.532. The lowest BCUT2D eigenvalue weighted by molar-refractivity contribution is 0.192. The van der Waals surface area contributed by atoms with Gasteiger partial charge in [0.1, 0.15) is 12.4 Å². The van der Waals surface area contributed by atoms with E-state index in [-0.39, 0.29) is 12.4 Å². The standard InChI is InChI=1S/C12H18O4S/c1-9-4-5-12(11(8-9)10(2)13)16-6-7-17(3,14)15/h4-5,8,10,13H,6-7H2,1-3H3/t10-/m1/s1. The summed E-state index contributed by atoms with van der Waals surface area (Å²) in [4.78, 5) is 0. The van der Waals surface area contributed by atoms with Gasteiger partial charge in [-0.3, -0.25) is 0 Å². The number of hydrogen-bond donors (Lipinski definition) is 1. The third-order valence-corrected chi connectivity index (χ3v) is 3.24. The molecular weight excluding hydrogens is 240 g/mol. The normalized spacial score (nSPS) is 13.4. The first-order valence-corrected chi connectivity index (χ1v) is 7.45. The minimum Gasteiger partial charge on any atom is -0.492 e. The fraction of sp³-hybridized carbons (Fsp3) is 0.500. The van der Waals surface area contributed by atoms with E-state index in [9.17, 15) is 13.5 Å². The maximum atomic E-state index is 11.0. The zero-order valence-electron chi connectivity index (χ0n) is 10.3. The van der Waals surface area contributed by atoms with E-state index in [1.54, 1.807) is 13.0 Å². The molecule has 0 radical (unpaired) electrons. The Balaban J connectivity index is 2.77. The van der Waals surface area contributed by atoms with Crippen LogP contribution in [0.4, 0.5) is 0 Å². The molecule has 0 heterocycles. The van der Waals surface area contributed by atoms with Gasteiger partial charge in [-0.1, -0.05) is 11.6 Å². The van der Waals surface area contributed by atoms with Gasteiger partial charge in [0.15, 0.2) is 9.84 Å². The summed E-state index contributed by atoms with van der Waals surface area (Å²) in [5.74, 6) is 0.509. The molecule has 0 aliphatic carbocycles. The van der Waals surface area contributed by atoms with Crippen molar-refractivity contribution < 1.29 is 18.3 Å². The van der Waals surface area contributed by atoms with Crippen LogP contribution in [0.2, 0.25) is 0 Å². The van der Waals surface area contributed by atoms with Gasteiger partial charge >= 0.3 is 0 Å². The van der Waals surface area contributed by atoms with Gasteiger partial charge in [0.25, 0.3) is 0 Å². The van der Waals surface area contributed by atoms with E-state index < -0.39 is 15.9 Å². The van der Waals surface area contributed by atoms with Crippen LogP contribution in [0, 0.1) is 6.92 Å². The number of rotatable bonds is 5. The molecule has 0 unspecified atom stereocenters. The Morgan fingerprint density at radius 1 is 1.41 bits per heavy atom. The van der Waals surface area contributed by atoms with E-state index in [0.29, 0.717) is 11.3 Å². The Kier molecular flexibility index (Phi) is 4.54. The van der Waals surface area contributed by atoms with Crippen molar-refractivity contribution in [3.8, 4) is 5.75 Å². The number of aryl methyl sites for hydroxylation is 1. The average molecular weight is 258 g/mol. The van der Waals surface area contributed by atoms with Gasteiger partial charge in [-0.15, -0.1) is 0 Å². The topological polar surface area (TPSA) is 63.6 Å². The highest BCUT2D eigenvalue weighted by Gasteiger charge is 2.10. The van der Waals surface area contributed by atoms with Gasteiger partial charge in [0.05, 0.1) is 11.9 Å². The zero-order chi connectivity index (χ0) is 13.1. The van der Waals surface area contributed by atoms with Gasteiger partial charge in [0.2, 0.25) is 0 Å². The lowest BCUT2D eigenvalue weighted by Gasteiger charge is -2.13. The summed E-state index contributed by atoms with van der Waals surface area (Å²) in [5, 5.41) is 9.59. The molecule has 0 saturated heterocycles. The molecule has 1 aromatic rings. The third-order valence-electron chi connectivity index (χ3n) is 2.33. The van der Waals surface area contributed by atoms with Gasteiger partial charge in [0, 0.05) is 11.8 Å². The highest BCUT2D eigenvalue weighted by molar-refractivity contribution is 7.90. The Morgan fingerprint density at radius 3 is 2.59 bits per heavy atom. The molecule has 0 amide bonds. The Morgan fingerprint density at radius 2 is 2.06 bits per heavy atom. The van der Waals surface area contributed by atoms with Gasteiger partial charge in [-0.2, -0.15) is 0 Å². The summed E-state index contributed by atoms with van der Waals surface area (Å²) in [6.45, 7) is 3.67. The summed E-state index contributed by atoms with van der Waals surface area (Å²) in [7, 11) is -3.02. The average Bonchev–Trinajstić information content (AvgIpc) is 2.18. The van der Waals surface area contributed by atoms with E-state index in [0.717, 1.165) is 5.56 Å². The quantitative estimate of drug-likeness (QED) is 0.868. The van der Waals surface area contributed by atoms with Crippen molar-refractivity contribution in [3.63, 3.8) is 0 Å². The minimum absolute atomic E-state index is 0.0277. The first-order chi connectivity index (χ1) is 7.79. The molecule has 0 bridgehead atoms. The van der Waals surface area contributed by atoms with Gasteiger partial charge in [-0.25, -0.2) is 8.42 Å². The van der Waals surface area contributed by atoms with Crippen LogP contribution in [0.15, 0.2) is 18.2 Å². The van der Waals surface area contributed by atoms with Crippen molar-refractivity contribution in [2.75, 3.05) is 18.6 Å². The Bertz CT molecular complexity index is 477. The molecule has 0 aliphatic heterocycles. The molecule has 1 rings (SSSR count). The van der Waals surface area contributed by atoms with Crippen molar-refractivity contribution in [1.29, 1.82) is 0 Å². The molecule has 4 nitrogen and oxygen atoms in total. The van der Waals surface area contributed by atoms with Crippen LogP contribution in [-0.4, -0.2) is 32.1 Å². The molecule has 1 N–H and O–H groups in total. The predicted molar refractivity (Wildman–Crippen MR) is 67.0 cm³/mol. The maximum Gasteiger partial charge on any atom is 0.150 e. The van der Waals surface area contributed by atoms with Crippen LogP contribution in [0.25, 0.3) is 0 Å². The maximum absolute atomic E-state index is 11.0. The van der Waals surface area contributed by atoms with Crippen LogP contribution in [0.1, 0.15) is 24.2 Å². The molecule has 0 saturated carbocycles. The highest BCUT2D eigenvalue weighted by Crippen LogP contribution is 2.26. The number of hydrogen-bond acceptors (Lipinski definition) is 4. The summed E-state index contributed by atoms with van der Waals surface area (Å²) < 4.78 is 27.3. The molecule has 96 valence electrons. The molecule has 1 aromatic carbocycles. The van der Waals surface area contributed by atoms with E-state index >= 15 is 0 Å². The predicted octanol–water partition coefficient (Wildman–Crippen LogP) is 1.47. The summed E-state index contributed by atoms with van der Waals surface area (Å²) in [6, 6.07) is 5.45. The van der Waals surface area contributed by atoms with Crippen molar-refractivity contribution in [1.82, 2.24) is 0 Å². The van der Waals surface area contributed by atoms with Gasteiger partial charge in [-0.05, 0) is 26.0 Å². The van der Waals surface area contributed by atoms with Crippen LogP contribution < -0.4 is 4.74 Å². The van der Waals surface area contributed by atoms with E-state index in [1.807, 2.05) is 19.1 Å². The monoisotopic (exact) mass is 258 g/mol. The molecule has 0 fully saturated rings. The second-order valence-electron chi connectivity index (χ2n) is 4.20. The number of aliphatic hydroxyl groups is 1. The molecule has 0 aliphatic rings. The number of benzene rings is 1. The zero-order valence-corrected chi connectivity index (χ0v) is 11.1. The van der Waals surface area contributed by atoms with Crippen molar-refractivity contribution in [3.05, 3.63) is 29.3 Å². The highest BCUT2D eigenvalue weighted by atomic mass is 32.2. The Labute approximate surface area is 102 Å². The lowest BCUT2D eigenvalue weighted by Crippen LogP contribution is -2.13. The molecule has 5 heteroatoms. The fourth-order valence-electron chi connectivity index (χ4n) is 1.43. The van der Waals surface area contributed by atoms with E-state index in [4.69, 9.17) is 4.74 Å². The van der Waals surface area contributed by atoms with E-state index in [2.05, 4.69) is 0 Å². The van der Waals surface area contributed by atoms with Crippen molar-refractivity contribution in [2.45, 2.75) is 20.0 Å². The smallest absolute Gasteiger partial charge is 0.150 e. The largest absolute Gasteiger partial charge is 0.492 e. The molecular formula is C12H18O4S. The second kappa shape index (κ2) is 5.51. The fourth-order valence-corrected chi connectivity index (χ4v) is 1.81. The van der Waals surface area contributed by atoms with Crippen molar-refractivity contribution >= 4 is 9.84 Å². The molecule has 1 atom stereocenters. The summed E-state index contributed by atoms with van der Waals surface area (Å²) in [5.41, 5.74) is 1.70. The SMILES string of the molecule is Cc1ccc(OCCS(C)(=O)=O)c([C@@H](C)O)c1. The van der Waals surface area contributed by atoms with Crippen LogP contribution in [-0.2, 0) is 9.84 Å². The minimum atomic E-state index is -3.02. The van der Waals surface area contributed by atoms with Crippen LogP contribution in [0.3, 0.4) is 0 Å². The van der Waals surface area contributed by atoms with Crippen LogP contribution >= 0.6 is 0 Å². The van der Waals surface area contributed by atoms with E-state index in [1.165, 1.54) is 6.26 Å². The molecule has 0 aromatic heterocycles. The van der Waals surface area contributed by atoms with Crippen LogP contribution in [0.5, 0.6) is 5.75 Å². The summed E-state index contributed by atoms with van der Waals surface area (Å²) >= 11 is 0. The molecule has 17 heavy (non-hydrogen) atoms. The van der Waals surface area contributed by atoms with Crippen molar-refractivity contribution in [2.24, 2.45) is 0 Å². The van der Waals surface area contributed by atoms with Gasteiger partial charge < -0.3 is 9.84 Å². The first-order valence-electron chi connectivity index (χ1n) is 5.39. The second-order valence-corrected chi connectivity index (χ2v) is 6.46. The number of sulfone groups is 1. The number of ether oxygens (including phenoxy) is 1. The Hall–Kier alpha value is -1.07. The third kappa shape index (κ3) is 4.75. The molecule has 0 spiro atoms. The first kappa shape index (κ1) is 14.0.